The highest BCUT2D eigenvalue weighted by Crippen LogP contribution is 2.33. The molecule has 1 aliphatic rings. The number of ether oxygens (including phenoxy) is 1. The third-order valence-corrected chi connectivity index (χ3v) is 6.05. The Kier molecular flexibility index (Phi) is 5.64. The van der Waals surface area contributed by atoms with E-state index in [0.717, 1.165) is 41.6 Å². The van der Waals surface area contributed by atoms with E-state index < -0.39 is 0 Å². The highest BCUT2D eigenvalue weighted by atomic mass is 16.5. The van der Waals surface area contributed by atoms with Crippen molar-refractivity contribution in [1.29, 1.82) is 5.26 Å². The molecule has 33 heavy (non-hydrogen) atoms. The zero-order valence-electron chi connectivity index (χ0n) is 18.3. The number of nitrogens with zero attached hydrogens (tertiary/aromatic N) is 2. The maximum Gasteiger partial charge on any atom is 0.323 e. The van der Waals surface area contributed by atoms with Gasteiger partial charge in [0.1, 0.15) is 24.2 Å². The van der Waals surface area contributed by atoms with Crippen LogP contribution in [0.5, 0.6) is 0 Å². The van der Waals surface area contributed by atoms with Gasteiger partial charge >= 0.3 is 5.97 Å². The lowest BCUT2D eigenvalue weighted by Crippen LogP contribution is -2.32. The van der Waals surface area contributed by atoms with E-state index in [2.05, 4.69) is 16.4 Å². The Morgan fingerprint density at radius 1 is 1.18 bits per heavy atom. The molecule has 5 rings (SSSR count). The Bertz CT molecular complexity index is 1360. The lowest BCUT2D eigenvalue weighted by Gasteiger charge is -2.11. The summed E-state index contributed by atoms with van der Waals surface area (Å²) in [7, 11) is 0. The van der Waals surface area contributed by atoms with Crippen molar-refractivity contribution >= 4 is 17.1 Å². The Hall–Kier alpha value is -3.95. The molecular formula is C27H23N3O3. The van der Waals surface area contributed by atoms with Gasteiger partial charge in [0.2, 0.25) is 5.89 Å². The lowest BCUT2D eigenvalue weighted by molar-refractivity contribution is -0.147. The fourth-order valence-corrected chi connectivity index (χ4v) is 4.23. The summed E-state index contributed by atoms with van der Waals surface area (Å²) in [5.41, 5.74) is 6.09. The Balaban J connectivity index is 1.47. The molecule has 0 radical (unpaired) electrons. The number of esters is 1. The highest BCUT2D eigenvalue weighted by Gasteiger charge is 2.24. The predicted octanol–water partition coefficient (Wildman–Crippen LogP) is 5.14. The lowest BCUT2D eigenvalue weighted by atomic mass is 9.96. The fraction of sp³-hybridized carbons (Fsp3) is 0.222. The predicted molar refractivity (Wildman–Crippen MR) is 125 cm³/mol. The molecule has 2 heterocycles. The van der Waals surface area contributed by atoms with Crippen molar-refractivity contribution < 1.29 is 13.9 Å². The quantitative estimate of drug-likeness (QED) is 0.435. The van der Waals surface area contributed by atoms with E-state index in [0.29, 0.717) is 28.1 Å². The summed E-state index contributed by atoms with van der Waals surface area (Å²) in [4.78, 5) is 16.9. The first-order valence-electron chi connectivity index (χ1n) is 11.0. The first-order valence-corrected chi connectivity index (χ1v) is 11.0. The van der Waals surface area contributed by atoms with Crippen molar-refractivity contribution in [1.82, 2.24) is 10.3 Å². The molecule has 6 heteroatoms. The van der Waals surface area contributed by atoms with Gasteiger partial charge in [0.05, 0.1) is 11.1 Å². The van der Waals surface area contributed by atoms with E-state index in [1.165, 1.54) is 0 Å². The maximum absolute atomic E-state index is 12.3. The molecule has 1 aromatic heterocycles. The van der Waals surface area contributed by atoms with Gasteiger partial charge in [-0.2, -0.15) is 5.26 Å². The molecule has 1 atom stereocenters. The van der Waals surface area contributed by atoms with Gasteiger partial charge in [0.25, 0.3) is 0 Å². The Morgan fingerprint density at radius 2 is 2.00 bits per heavy atom. The molecule has 0 saturated carbocycles. The molecule has 1 N–H and O–H groups in total. The number of carbonyl (C=O) groups excluding carboxylic acids is 1. The Morgan fingerprint density at radius 3 is 2.76 bits per heavy atom. The summed E-state index contributed by atoms with van der Waals surface area (Å²) >= 11 is 0. The standard InChI is InChI=1S/C27H23N3O3/c1-17-13-25-24(14-19(17)16-32-27(31)23-11-6-12-29-23)30-26(33-25)21-10-5-9-20(22(21)15-28)18-7-3-2-4-8-18/h2-5,7-10,13-14,23,29H,6,11-12,16H2,1H3/t23-/m1/s1. The number of fused-ring (bicyclic) bond motifs is 1. The van der Waals surface area contributed by atoms with Crippen molar-refractivity contribution in [2.45, 2.75) is 32.4 Å². The van der Waals surface area contributed by atoms with E-state index in [9.17, 15) is 10.1 Å². The fourth-order valence-electron chi connectivity index (χ4n) is 4.23. The summed E-state index contributed by atoms with van der Waals surface area (Å²) in [6.07, 6.45) is 1.80. The van der Waals surface area contributed by atoms with Crippen LogP contribution in [0.3, 0.4) is 0 Å². The second-order valence-corrected chi connectivity index (χ2v) is 8.23. The number of nitrogens with one attached hydrogen (secondary N) is 1. The molecule has 0 bridgehead atoms. The van der Waals surface area contributed by atoms with E-state index in [-0.39, 0.29) is 18.6 Å². The van der Waals surface area contributed by atoms with Gasteiger partial charge < -0.3 is 14.5 Å². The Labute approximate surface area is 191 Å². The van der Waals surface area contributed by atoms with Crippen LogP contribution < -0.4 is 5.32 Å². The minimum atomic E-state index is -0.218. The van der Waals surface area contributed by atoms with E-state index in [1.54, 1.807) is 0 Å². The van der Waals surface area contributed by atoms with Crippen LogP contribution in [0, 0.1) is 18.3 Å². The molecule has 1 aliphatic heterocycles. The molecule has 0 unspecified atom stereocenters. The molecule has 164 valence electrons. The van der Waals surface area contributed by atoms with Crippen LogP contribution in [0.4, 0.5) is 0 Å². The van der Waals surface area contributed by atoms with Gasteiger partial charge in [0.15, 0.2) is 5.58 Å². The summed E-state index contributed by atoms with van der Waals surface area (Å²) in [5.74, 6) is 0.173. The normalized spacial score (nSPS) is 15.5. The van der Waals surface area contributed by atoms with Gasteiger partial charge in [0, 0.05) is 5.56 Å². The molecule has 6 nitrogen and oxygen atoms in total. The number of hydrogen-bond acceptors (Lipinski definition) is 6. The molecule has 0 spiro atoms. The van der Waals surface area contributed by atoms with Crippen LogP contribution in [0.15, 0.2) is 65.1 Å². The number of nitriles is 1. The third kappa shape index (κ3) is 4.11. The van der Waals surface area contributed by atoms with Crippen LogP contribution in [0.25, 0.3) is 33.7 Å². The summed E-state index contributed by atoms with van der Waals surface area (Å²) < 4.78 is 11.6. The average Bonchev–Trinajstić information content (AvgIpc) is 3.52. The van der Waals surface area contributed by atoms with Gasteiger partial charge in [-0.05, 0) is 61.2 Å². The SMILES string of the molecule is Cc1cc2oc(-c3cccc(-c4ccccc4)c3C#N)nc2cc1COC(=O)[C@H]1CCCN1. The van der Waals surface area contributed by atoms with Crippen LogP contribution in [-0.4, -0.2) is 23.5 Å². The number of oxazole rings is 1. The number of carbonyl (C=O) groups is 1. The molecule has 3 aromatic carbocycles. The van der Waals surface area contributed by atoms with Crippen molar-refractivity contribution in [2.24, 2.45) is 0 Å². The van der Waals surface area contributed by atoms with E-state index >= 15 is 0 Å². The van der Waals surface area contributed by atoms with Crippen molar-refractivity contribution in [3.63, 3.8) is 0 Å². The zero-order chi connectivity index (χ0) is 22.8. The van der Waals surface area contributed by atoms with Crippen LogP contribution >= 0.6 is 0 Å². The van der Waals surface area contributed by atoms with E-state index in [4.69, 9.17) is 9.15 Å². The number of hydrogen-bond donors (Lipinski definition) is 1. The minimum Gasteiger partial charge on any atom is -0.460 e. The van der Waals surface area contributed by atoms with Gasteiger partial charge in [-0.1, -0.05) is 42.5 Å². The molecule has 0 amide bonds. The molecule has 0 aliphatic carbocycles. The van der Waals surface area contributed by atoms with Gasteiger partial charge in [-0.3, -0.25) is 4.79 Å². The number of aryl methyl sites for hydroxylation is 1. The first-order chi connectivity index (χ1) is 16.1. The number of rotatable bonds is 5. The second kappa shape index (κ2) is 8.89. The van der Waals surface area contributed by atoms with Crippen molar-refractivity contribution in [3.8, 4) is 28.7 Å². The first kappa shape index (κ1) is 20.9. The number of aromatic nitrogens is 1. The van der Waals surface area contributed by atoms with Gasteiger partial charge in [-0.15, -0.1) is 0 Å². The van der Waals surface area contributed by atoms with Crippen LogP contribution in [0.1, 0.15) is 29.5 Å². The zero-order valence-corrected chi connectivity index (χ0v) is 18.3. The van der Waals surface area contributed by atoms with E-state index in [1.807, 2.05) is 67.6 Å². The smallest absolute Gasteiger partial charge is 0.323 e. The van der Waals surface area contributed by atoms with Crippen molar-refractivity contribution in [3.05, 3.63) is 77.4 Å². The highest BCUT2D eigenvalue weighted by molar-refractivity contribution is 5.83. The monoisotopic (exact) mass is 437 g/mol. The summed E-state index contributed by atoms with van der Waals surface area (Å²) in [6.45, 7) is 2.99. The largest absolute Gasteiger partial charge is 0.460 e. The number of benzene rings is 3. The average molecular weight is 437 g/mol. The molecule has 4 aromatic rings. The molecule has 1 saturated heterocycles. The summed E-state index contributed by atoms with van der Waals surface area (Å²) in [5, 5.41) is 13.1. The van der Waals surface area contributed by atoms with Crippen LogP contribution in [0.2, 0.25) is 0 Å². The maximum atomic E-state index is 12.3. The molecular weight excluding hydrogens is 414 g/mol. The third-order valence-electron chi connectivity index (χ3n) is 6.05. The summed E-state index contributed by atoms with van der Waals surface area (Å²) in [6, 6.07) is 21.4. The minimum absolute atomic E-state index is 0.188. The van der Waals surface area contributed by atoms with Gasteiger partial charge in [-0.25, -0.2) is 4.98 Å². The molecule has 1 fully saturated rings. The second-order valence-electron chi connectivity index (χ2n) is 8.23. The van der Waals surface area contributed by atoms with Crippen molar-refractivity contribution in [2.75, 3.05) is 6.54 Å². The topological polar surface area (TPSA) is 88.2 Å². The van der Waals surface area contributed by atoms with Crippen LogP contribution in [-0.2, 0) is 16.1 Å².